The average Bonchev–Trinajstić information content (AvgIpc) is 2.77. The summed E-state index contributed by atoms with van der Waals surface area (Å²) in [6.07, 6.45) is 16.7. The number of carbonyl (C=O) groups excluding carboxylic acids is 1. The third-order valence-corrected chi connectivity index (χ3v) is 8.53. The standard InChI is InChI=1S/C14H24O2.C14H24O.C5H10/c1-10-6-5-9-14(3,4)12(10)8-7-11(2)13(15)16;1-11(10-15)7-8-13-12(2)6-5-9-14(13,3)4;1-4-5(2)3/h6,11-12H,5,7-9H2,1-4H3,(H,15,16);6,10-11,13H,5,7-9H2,1-4H3;4H,1-3H3. The Morgan fingerprint density at radius 1 is 0.944 bits per heavy atom. The Morgan fingerprint density at radius 3 is 1.64 bits per heavy atom. The summed E-state index contributed by atoms with van der Waals surface area (Å²) in [6, 6.07) is 0. The number of aliphatic carboxylic acids is 1. The van der Waals surface area contributed by atoms with E-state index in [1.165, 1.54) is 42.4 Å². The van der Waals surface area contributed by atoms with Crippen molar-refractivity contribution in [1.29, 1.82) is 0 Å². The quantitative estimate of drug-likeness (QED) is 0.265. The molecule has 1 N–H and O–H groups in total. The van der Waals surface area contributed by atoms with Crippen LogP contribution >= 0.6 is 0 Å². The van der Waals surface area contributed by atoms with Crippen LogP contribution in [-0.2, 0) is 9.59 Å². The lowest BCUT2D eigenvalue weighted by Gasteiger charge is -2.39. The Morgan fingerprint density at radius 2 is 1.33 bits per heavy atom. The summed E-state index contributed by atoms with van der Waals surface area (Å²) in [4.78, 5) is 21.4. The summed E-state index contributed by atoms with van der Waals surface area (Å²) in [5.41, 5.74) is 5.11. The van der Waals surface area contributed by atoms with Gasteiger partial charge in [-0.2, -0.15) is 0 Å². The molecule has 0 saturated carbocycles. The van der Waals surface area contributed by atoms with E-state index in [9.17, 15) is 9.59 Å². The highest BCUT2D eigenvalue weighted by Crippen LogP contribution is 2.44. The molecule has 0 aromatic rings. The smallest absolute Gasteiger partial charge is 0.306 e. The second-order valence-electron chi connectivity index (χ2n) is 12.9. The highest BCUT2D eigenvalue weighted by atomic mass is 16.4. The first-order valence-corrected chi connectivity index (χ1v) is 14.2. The van der Waals surface area contributed by atoms with E-state index in [0.29, 0.717) is 22.7 Å². The minimum absolute atomic E-state index is 0.217. The molecule has 2 aliphatic rings. The summed E-state index contributed by atoms with van der Waals surface area (Å²) < 4.78 is 0. The third kappa shape index (κ3) is 12.5. The Labute approximate surface area is 223 Å². The second kappa shape index (κ2) is 16.3. The van der Waals surface area contributed by atoms with Crippen LogP contribution in [0.5, 0.6) is 0 Å². The molecule has 2 aliphatic carbocycles. The van der Waals surface area contributed by atoms with Gasteiger partial charge in [0.1, 0.15) is 6.29 Å². The lowest BCUT2D eigenvalue weighted by molar-refractivity contribution is -0.141. The van der Waals surface area contributed by atoms with Crippen LogP contribution in [0.4, 0.5) is 0 Å². The molecule has 4 atom stereocenters. The van der Waals surface area contributed by atoms with Gasteiger partial charge in [0.2, 0.25) is 0 Å². The Hall–Kier alpha value is -1.64. The summed E-state index contributed by atoms with van der Waals surface area (Å²) in [6.45, 7) is 23.8. The van der Waals surface area contributed by atoms with Gasteiger partial charge in [0.15, 0.2) is 0 Å². The van der Waals surface area contributed by atoms with Crippen LogP contribution in [0.3, 0.4) is 0 Å². The van der Waals surface area contributed by atoms with Gasteiger partial charge < -0.3 is 9.90 Å². The molecule has 0 fully saturated rings. The first-order chi connectivity index (χ1) is 16.6. The summed E-state index contributed by atoms with van der Waals surface area (Å²) >= 11 is 0. The lowest BCUT2D eigenvalue weighted by atomic mass is 9.66. The van der Waals surface area contributed by atoms with Gasteiger partial charge >= 0.3 is 5.97 Å². The zero-order valence-corrected chi connectivity index (χ0v) is 25.5. The molecule has 2 rings (SSSR count). The maximum Gasteiger partial charge on any atom is 0.306 e. The number of rotatable bonds is 8. The minimum Gasteiger partial charge on any atom is -0.481 e. The van der Waals surface area contributed by atoms with Gasteiger partial charge in [0.25, 0.3) is 0 Å². The topological polar surface area (TPSA) is 54.4 Å². The molecule has 3 nitrogen and oxygen atoms in total. The monoisotopic (exact) mass is 502 g/mol. The van der Waals surface area contributed by atoms with Crippen molar-refractivity contribution in [2.24, 2.45) is 34.5 Å². The molecule has 0 saturated heterocycles. The van der Waals surface area contributed by atoms with Crippen molar-refractivity contribution in [1.82, 2.24) is 0 Å². The van der Waals surface area contributed by atoms with E-state index in [4.69, 9.17) is 5.11 Å². The van der Waals surface area contributed by atoms with Gasteiger partial charge in [0.05, 0.1) is 5.92 Å². The van der Waals surface area contributed by atoms with Crippen molar-refractivity contribution >= 4 is 12.3 Å². The predicted molar refractivity (Wildman–Crippen MR) is 156 cm³/mol. The molecule has 0 aliphatic heterocycles. The first-order valence-electron chi connectivity index (χ1n) is 14.2. The second-order valence-corrected chi connectivity index (χ2v) is 12.9. The summed E-state index contributed by atoms with van der Waals surface area (Å²) in [5.74, 6) is 0.563. The Kier molecular flexibility index (Phi) is 15.5. The molecule has 4 unspecified atom stereocenters. The Bertz CT molecular complexity index is 762. The number of hydrogen-bond acceptors (Lipinski definition) is 2. The SMILES string of the molecule is CC1=CCCC(C)(C)C1CCC(C)C(=O)O.CC1=CCCC(C)(C)C1CCC(C)C=O.CC=C(C)C. The highest BCUT2D eigenvalue weighted by molar-refractivity contribution is 5.69. The lowest BCUT2D eigenvalue weighted by Crippen LogP contribution is -2.28. The van der Waals surface area contributed by atoms with E-state index in [-0.39, 0.29) is 11.8 Å². The number of carbonyl (C=O) groups is 2. The van der Waals surface area contributed by atoms with Crippen molar-refractivity contribution in [2.45, 2.75) is 128 Å². The minimum atomic E-state index is -0.671. The summed E-state index contributed by atoms with van der Waals surface area (Å²) in [5, 5.41) is 8.89. The molecule has 36 heavy (non-hydrogen) atoms. The normalized spacial score (nSPS) is 23.8. The molecule has 0 bridgehead atoms. The molecule has 0 spiro atoms. The zero-order valence-electron chi connectivity index (χ0n) is 25.5. The molecule has 0 radical (unpaired) electrons. The molecule has 208 valence electrons. The van der Waals surface area contributed by atoms with Gasteiger partial charge in [-0.1, -0.05) is 76.5 Å². The van der Waals surface area contributed by atoms with Crippen LogP contribution in [0.15, 0.2) is 34.9 Å². The molecule has 0 aromatic carbocycles. The fourth-order valence-corrected chi connectivity index (χ4v) is 5.48. The number of carboxylic acids is 1. The largest absolute Gasteiger partial charge is 0.481 e. The third-order valence-electron chi connectivity index (χ3n) is 8.53. The molecule has 0 heterocycles. The predicted octanol–water partition coefficient (Wildman–Crippen LogP) is 9.83. The van der Waals surface area contributed by atoms with E-state index < -0.39 is 5.97 Å². The summed E-state index contributed by atoms with van der Waals surface area (Å²) in [7, 11) is 0. The first kappa shape index (κ1) is 34.4. The molecule has 0 aromatic heterocycles. The van der Waals surface area contributed by atoms with Gasteiger partial charge in [-0.25, -0.2) is 0 Å². The van der Waals surface area contributed by atoms with Crippen molar-refractivity contribution in [3.05, 3.63) is 34.9 Å². The maximum absolute atomic E-state index is 10.8. The van der Waals surface area contributed by atoms with E-state index in [1.54, 1.807) is 6.92 Å². The molecular weight excluding hydrogens is 444 g/mol. The number of allylic oxidation sites excluding steroid dienone is 6. The number of hydrogen-bond donors (Lipinski definition) is 1. The van der Waals surface area contributed by atoms with Crippen LogP contribution in [0.1, 0.15) is 128 Å². The number of aldehydes is 1. The van der Waals surface area contributed by atoms with Crippen molar-refractivity contribution in [2.75, 3.05) is 0 Å². The van der Waals surface area contributed by atoms with E-state index in [0.717, 1.165) is 32.0 Å². The Balaban J connectivity index is 0.000000575. The van der Waals surface area contributed by atoms with Crippen LogP contribution in [0, 0.1) is 34.5 Å². The van der Waals surface area contributed by atoms with Gasteiger partial charge in [0, 0.05) is 5.92 Å². The molecule has 3 heteroatoms. The van der Waals surface area contributed by atoms with Crippen LogP contribution in [0.25, 0.3) is 0 Å². The molecular formula is C33H58O3. The van der Waals surface area contributed by atoms with Crippen molar-refractivity contribution < 1.29 is 14.7 Å². The van der Waals surface area contributed by atoms with E-state index in [2.05, 4.69) is 73.6 Å². The van der Waals surface area contributed by atoms with Crippen molar-refractivity contribution in [3.8, 4) is 0 Å². The van der Waals surface area contributed by atoms with Gasteiger partial charge in [-0.3, -0.25) is 4.79 Å². The van der Waals surface area contributed by atoms with Gasteiger partial charge in [-0.05, 0) is 109 Å². The maximum atomic E-state index is 10.8. The van der Waals surface area contributed by atoms with E-state index >= 15 is 0 Å². The highest BCUT2D eigenvalue weighted by Gasteiger charge is 2.33. The number of carboxylic acid groups (broad SMARTS) is 1. The van der Waals surface area contributed by atoms with Crippen LogP contribution < -0.4 is 0 Å². The van der Waals surface area contributed by atoms with Crippen molar-refractivity contribution in [3.63, 3.8) is 0 Å². The molecule has 0 amide bonds. The fourth-order valence-electron chi connectivity index (χ4n) is 5.48. The van der Waals surface area contributed by atoms with E-state index in [1.807, 2.05) is 13.8 Å². The average molecular weight is 503 g/mol. The van der Waals surface area contributed by atoms with Crippen LogP contribution in [-0.4, -0.2) is 17.4 Å². The zero-order chi connectivity index (χ0) is 28.1. The van der Waals surface area contributed by atoms with Gasteiger partial charge in [-0.15, -0.1) is 0 Å². The fraction of sp³-hybridized carbons (Fsp3) is 0.758. The van der Waals surface area contributed by atoms with Crippen LogP contribution in [0.2, 0.25) is 0 Å².